The summed E-state index contributed by atoms with van der Waals surface area (Å²) >= 11 is 6.31. The maximum atomic E-state index is 6.31. The maximum absolute atomic E-state index is 6.31. The van der Waals surface area contributed by atoms with Crippen LogP contribution in [-0.2, 0) is 20.0 Å². The molecule has 0 amide bonds. The largest absolute Gasteiger partial charge is 0.312 e. The summed E-state index contributed by atoms with van der Waals surface area (Å²) < 4.78 is 3.91. The molecule has 0 saturated heterocycles. The van der Waals surface area contributed by atoms with E-state index >= 15 is 0 Å². The molecule has 0 radical (unpaired) electrons. The summed E-state index contributed by atoms with van der Waals surface area (Å²) in [5.74, 6) is 0. The van der Waals surface area contributed by atoms with Gasteiger partial charge in [-0.2, -0.15) is 10.2 Å². The zero-order valence-corrected chi connectivity index (χ0v) is 14.2. The molecule has 0 saturated carbocycles. The molecule has 1 atom stereocenters. The van der Waals surface area contributed by atoms with Crippen molar-refractivity contribution in [2.45, 2.75) is 46.2 Å². The summed E-state index contributed by atoms with van der Waals surface area (Å²) in [6.45, 7) is 7.09. The molecule has 21 heavy (non-hydrogen) atoms. The highest BCUT2D eigenvalue weighted by Crippen LogP contribution is 2.27. The maximum Gasteiger partial charge on any atom is 0.0834 e. The molecule has 2 rings (SSSR count). The minimum absolute atomic E-state index is 0.193. The SMILES string of the molecule is CCn1ncc(Cl)c1C(CCc1c(C)nn(C)c1C)NC. The van der Waals surface area contributed by atoms with Crippen molar-refractivity contribution in [3.63, 3.8) is 0 Å². The molecule has 0 aromatic carbocycles. The van der Waals surface area contributed by atoms with Gasteiger partial charge in [-0.3, -0.25) is 9.36 Å². The van der Waals surface area contributed by atoms with Crippen molar-refractivity contribution in [3.05, 3.63) is 33.9 Å². The molecule has 116 valence electrons. The molecule has 1 N–H and O–H groups in total. The summed E-state index contributed by atoms with van der Waals surface area (Å²) in [7, 11) is 3.96. The minimum Gasteiger partial charge on any atom is -0.312 e. The van der Waals surface area contributed by atoms with Crippen LogP contribution in [0.5, 0.6) is 0 Å². The lowest BCUT2D eigenvalue weighted by Crippen LogP contribution is -2.21. The van der Waals surface area contributed by atoms with Crippen LogP contribution < -0.4 is 5.32 Å². The first-order valence-corrected chi connectivity index (χ1v) is 7.74. The number of nitrogens with one attached hydrogen (secondary N) is 1. The van der Waals surface area contributed by atoms with Gasteiger partial charge in [-0.1, -0.05) is 11.6 Å². The Morgan fingerprint density at radius 2 is 2.10 bits per heavy atom. The summed E-state index contributed by atoms with van der Waals surface area (Å²) in [6.07, 6.45) is 3.67. The highest BCUT2D eigenvalue weighted by molar-refractivity contribution is 6.31. The van der Waals surface area contributed by atoms with E-state index in [0.717, 1.165) is 35.8 Å². The van der Waals surface area contributed by atoms with Crippen LogP contribution in [0.4, 0.5) is 0 Å². The van der Waals surface area contributed by atoms with Crippen LogP contribution >= 0.6 is 11.6 Å². The van der Waals surface area contributed by atoms with E-state index < -0.39 is 0 Å². The molecule has 2 aromatic rings. The van der Waals surface area contributed by atoms with E-state index in [2.05, 4.69) is 36.3 Å². The predicted molar refractivity (Wildman–Crippen MR) is 85.7 cm³/mol. The number of nitrogens with zero attached hydrogens (tertiary/aromatic N) is 4. The molecule has 0 fully saturated rings. The van der Waals surface area contributed by atoms with Crippen LogP contribution in [0, 0.1) is 13.8 Å². The van der Waals surface area contributed by atoms with E-state index in [9.17, 15) is 0 Å². The molecule has 6 heteroatoms. The third-order valence-electron chi connectivity index (χ3n) is 4.15. The summed E-state index contributed by atoms with van der Waals surface area (Å²) in [5, 5.41) is 12.9. The first-order chi connectivity index (χ1) is 9.99. The molecular formula is C15H24ClN5. The second-order valence-electron chi connectivity index (χ2n) is 5.35. The zero-order chi connectivity index (χ0) is 15.6. The van der Waals surface area contributed by atoms with Crippen LogP contribution in [-0.4, -0.2) is 26.6 Å². The van der Waals surface area contributed by atoms with Crippen molar-refractivity contribution in [2.75, 3.05) is 7.05 Å². The molecule has 0 bridgehead atoms. The zero-order valence-electron chi connectivity index (χ0n) is 13.4. The van der Waals surface area contributed by atoms with Gasteiger partial charge >= 0.3 is 0 Å². The Kier molecular flexibility index (Phi) is 5.06. The fourth-order valence-corrected chi connectivity index (χ4v) is 3.13. The molecule has 5 nitrogen and oxygen atoms in total. The van der Waals surface area contributed by atoms with Gasteiger partial charge in [0.25, 0.3) is 0 Å². The predicted octanol–water partition coefficient (Wildman–Crippen LogP) is 2.80. The van der Waals surface area contributed by atoms with E-state index in [4.69, 9.17) is 11.6 Å². The van der Waals surface area contributed by atoms with Gasteiger partial charge < -0.3 is 5.32 Å². The van der Waals surface area contributed by atoms with Crippen LogP contribution in [0.2, 0.25) is 5.02 Å². The molecule has 0 spiro atoms. The van der Waals surface area contributed by atoms with E-state index in [1.54, 1.807) is 6.20 Å². The van der Waals surface area contributed by atoms with Crippen LogP contribution in [0.3, 0.4) is 0 Å². The summed E-state index contributed by atoms with van der Waals surface area (Å²) in [5.41, 5.74) is 4.75. The van der Waals surface area contributed by atoms with Crippen molar-refractivity contribution >= 4 is 11.6 Å². The molecule has 1 unspecified atom stereocenters. The van der Waals surface area contributed by atoms with Crippen LogP contribution in [0.25, 0.3) is 0 Å². The normalized spacial score (nSPS) is 12.9. The van der Waals surface area contributed by atoms with Gasteiger partial charge in [0, 0.05) is 19.3 Å². The second-order valence-corrected chi connectivity index (χ2v) is 5.75. The van der Waals surface area contributed by atoms with Crippen molar-refractivity contribution < 1.29 is 0 Å². The van der Waals surface area contributed by atoms with E-state index in [1.807, 2.05) is 23.5 Å². The Morgan fingerprint density at radius 1 is 1.38 bits per heavy atom. The summed E-state index contributed by atoms with van der Waals surface area (Å²) in [4.78, 5) is 0. The highest BCUT2D eigenvalue weighted by Gasteiger charge is 2.20. The van der Waals surface area contributed by atoms with Gasteiger partial charge in [0.15, 0.2) is 0 Å². The highest BCUT2D eigenvalue weighted by atomic mass is 35.5. The average molecular weight is 310 g/mol. The number of aromatic nitrogens is 4. The quantitative estimate of drug-likeness (QED) is 0.892. The van der Waals surface area contributed by atoms with Gasteiger partial charge in [0.2, 0.25) is 0 Å². The van der Waals surface area contributed by atoms with E-state index in [-0.39, 0.29) is 6.04 Å². The van der Waals surface area contributed by atoms with Gasteiger partial charge in [-0.25, -0.2) is 0 Å². The average Bonchev–Trinajstić information content (AvgIpc) is 2.94. The van der Waals surface area contributed by atoms with E-state index in [0.29, 0.717) is 0 Å². The Bertz CT molecular complexity index is 614. The second kappa shape index (κ2) is 6.62. The Labute approximate surface area is 131 Å². The standard InChI is InChI=1S/C15H24ClN5/c1-6-21-15(13(16)9-18-21)14(17-4)8-7-12-10(2)19-20(5)11(12)3/h9,14,17H,6-8H2,1-5H3. The molecule has 2 aromatic heterocycles. The number of rotatable bonds is 6. The molecule has 2 heterocycles. The molecular weight excluding hydrogens is 286 g/mol. The van der Waals surface area contributed by atoms with Gasteiger partial charge in [-0.05, 0) is 46.2 Å². The van der Waals surface area contributed by atoms with Gasteiger partial charge in [0.05, 0.1) is 28.6 Å². The third-order valence-corrected chi connectivity index (χ3v) is 4.44. The first-order valence-electron chi connectivity index (χ1n) is 7.37. The Morgan fingerprint density at radius 3 is 2.62 bits per heavy atom. The van der Waals surface area contributed by atoms with Crippen LogP contribution in [0.1, 0.15) is 42.0 Å². The van der Waals surface area contributed by atoms with Crippen molar-refractivity contribution in [2.24, 2.45) is 7.05 Å². The van der Waals surface area contributed by atoms with Gasteiger partial charge in [0.1, 0.15) is 0 Å². The van der Waals surface area contributed by atoms with E-state index in [1.165, 1.54) is 11.3 Å². The monoisotopic (exact) mass is 309 g/mol. The Hall–Kier alpha value is -1.33. The smallest absolute Gasteiger partial charge is 0.0834 e. The van der Waals surface area contributed by atoms with Crippen molar-refractivity contribution in [3.8, 4) is 0 Å². The van der Waals surface area contributed by atoms with Crippen LogP contribution in [0.15, 0.2) is 6.20 Å². The molecule has 0 aliphatic heterocycles. The summed E-state index contributed by atoms with van der Waals surface area (Å²) in [6, 6.07) is 0.193. The Balaban J connectivity index is 2.18. The number of hydrogen-bond acceptors (Lipinski definition) is 3. The van der Waals surface area contributed by atoms with Crippen molar-refractivity contribution in [1.82, 2.24) is 24.9 Å². The number of halogens is 1. The number of aryl methyl sites for hydroxylation is 3. The topological polar surface area (TPSA) is 47.7 Å². The lowest BCUT2D eigenvalue weighted by molar-refractivity contribution is 0.488. The minimum atomic E-state index is 0.193. The number of hydrogen-bond donors (Lipinski definition) is 1. The van der Waals surface area contributed by atoms with Crippen molar-refractivity contribution in [1.29, 1.82) is 0 Å². The first kappa shape index (κ1) is 16.0. The van der Waals surface area contributed by atoms with Gasteiger partial charge in [-0.15, -0.1) is 0 Å². The lowest BCUT2D eigenvalue weighted by Gasteiger charge is -2.18. The molecule has 0 aliphatic rings. The fourth-order valence-electron chi connectivity index (χ4n) is 2.86. The third kappa shape index (κ3) is 3.14. The molecule has 0 aliphatic carbocycles. The fraction of sp³-hybridized carbons (Fsp3) is 0.600. The lowest BCUT2D eigenvalue weighted by atomic mass is 10.0.